The van der Waals surface area contributed by atoms with Crippen LogP contribution in [-0.2, 0) is 12.8 Å². The molecule has 2 aliphatic heterocycles. The Hall–Kier alpha value is 0.560. The minimum atomic E-state index is -0.479. The number of carbonyl (C=O) groups excluding carboxylic acids is 4. The Morgan fingerprint density at radius 1 is 0.438 bits per heavy atom. The second-order valence-electron chi connectivity index (χ2n) is 6.62. The SMILES string of the molecule is O=C1c2c(Br)c(Br)c(Br)c(CCc3c(Br)c(Br)c(Br)c4c3C(=O)N(Br)C4=O)c2C(=O)N1Br. The van der Waals surface area contributed by atoms with Crippen LogP contribution in [0.25, 0.3) is 0 Å². The van der Waals surface area contributed by atoms with E-state index in [1.165, 1.54) is 0 Å². The fraction of sp³-hybridized carbons (Fsp3) is 0.111. The number of amides is 4. The first-order chi connectivity index (χ1) is 14.9. The lowest BCUT2D eigenvalue weighted by Gasteiger charge is -2.16. The second kappa shape index (κ2) is 9.21. The molecule has 0 saturated carbocycles. The zero-order valence-corrected chi connectivity index (χ0v) is 27.7. The fourth-order valence-corrected chi connectivity index (χ4v) is 8.03. The van der Waals surface area contributed by atoms with E-state index in [4.69, 9.17) is 0 Å². The van der Waals surface area contributed by atoms with E-state index in [9.17, 15) is 19.2 Å². The topological polar surface area (TPSA) is 74.8 Å². The van der Waals surface area contributed by atoms with Gasteiger partial charge in [-0.25, -0.2) is 7.85 Å². The third-order valence-electron chi connectivity index (χ3n) is 5.04. The first-order valence-corrected chi connectivity index (χ1v) is 14.6. The number of hydrogen-bond acceptors (Lipinski definition) is 4. The van der Waals surface area contributed by atoms with Crippen molar-refractivity contribution >= 4 is 152 Å². The molecule has 166 valence electrons. The number of fused-ring (bicyclic) bond motifs is 2. The molecule has 0 atom stereocenters. The smallest absolute Gasteiger partial charge is 0.268 e. The Morgan fingerprint density at radius 3 is 1.03 bits per heavy atom. The molecule has 0 unspecified atom stereocenters. The fourth-order valence-electron chi connectivity index (χ4n) is 3.59. The maximum atomic E-state index is 12.8. The Labute approximate surface area is 248 Å². The van der Waals surface area contributed by atoms with Crippen LogP contribution in [0, 0.1) is 0 Å². The summed E-state index contributed by atoms with van der Waals surface area (Å²) in [6.07, 6.45) is 0.606. The van der Waals surface area contributed by atoms with Crippen molar-refractivity contribution < 1.29 is 19.2 Å². The van der Waals surface area contributed by atoms with Gasteiger partial charge in [0.2, 0.25) is 0 Å². The van der Waals surface area contributed by atoms with E-state index < -0.39 is 23.6 Å². The summed E-state index contributed by atoms with van der Waals surface area (Å²) in [6, 6.07) is 0. The number of benzene rings is 2. The molecule has 2 aliphatic rings. The Kier molecular flexibility index (Phi) is 7.38. The van der Waals surface area contributed by atoms with Crippen molar-refractivity contribution in [1.29, 1.82) is 0 Å². The van der Waals surface area contributed by atoms with Crippen molar-refractivity contribution in [3.63, 3.8) is 0 Å². The van der Waals surface area contributed by atoms with Crippen molar-refractivity contribution in [1.82, 2.24) is 7.85 Å². The van der Waals surface area contributed by atoms with E-state index in [2.05, 4.69) is 128 Å². The summed E-state index contributed by atoms with van der Waals surface area (Å²) in [4.78, 5) is 50.8. The van der Waals surface area contributed by atoms with Crippen LogP contribution in [-0.4, -0.2) is 31.5 Å². The Bertz CT molecular complexity index is 1210. The number of rotatable bonds is 3. The summed E-state index contributed by atoms with van der Waals surface area (Å²) >= 11 is 26.8. The van der Waals surface area contributed by atoms with Crippen molar-refractivity contribution in [3.8, 4) is 0 Å². The number of nitrogens with zero attached hydrogens (tertiary/aromatic N) is 2. The molecule has 0 spiro atoms. The molecule has 0 N–H and O–H groups in total. The Balaban J connectivity index is 1.88. The van der Waals surface area contributed by atoms with Gasteiger partial charge in [-0.2, -0.15) is 0 Å². The van der Waals surface area contributed by atoms with Gasteiger partial charge >= 0.3 is 0 Å². The van der Waals surface area contributed by atoms with Gasteiger partial charge in [-0.1, -0.05) is 0 Å². The van der Waals surface area contributed by atoms with Gasteiger partial charge in [0.15, 0.2) is 0 Å². The van der Waals surface area contributed by atoms with Crippen LogP contribution in [0.4, 0.5) is 0 Å². The summed E-state index contributed by atoms with van der Waals surface area (Å²) in [5.41, 5.74) is 2.22. The second-order valence-corrected chi connectivity index (χ2v) is 12.8. The van der Waals surface area contributed by atoms with Gasteiger partial charge in [-0.15, -0.1) is 0 Å². The van der Waals surface area contributed by atoms with E-state index in [-0.39, 0.29) is 22.3 Å². The molecular weight excluding hydrogens is 947 g/mol. The Morgan fingerprint density at radius 2 is 0.719 bits per heavy atom. The summed E-state index contributed by atoms with van der Waals surface area (Å²) in [5.74, 6) is -1.91. The molecule has 0 aromatic heterocycles. The lowest BCUT2D eigenvalue weighted by Crippen LogP contribution is -2.18. The molecule has 0 saturated heterocycles. The van der Waals surface area contributed by atoms with E-state index in [0.717, 1.165) is 7.85 Å². The standard InChI is InChI=1S/C18H4Br8N2O4/c19-9-3(5-7(11(21)13(9)23)17(31)27(25)15(5)29)1-2-4-6-8(12(22)14(24)10(4)20)18(32)28(26)16(6)30/h1-2H2. The third kappa shape index (κ3) is 3.65. The molecule has 0 aliphatic carbocycles. The van der Waals surface area contributed by atoms with Crippen LogP contribution in [0.1, 0.15) is 52.6 Å². The molecule has 14 heteroatoms. The highest BCUT2D eigenvalue weighted by atomic mass is 79.9. The van der Waals surface area contributed by atoms with Gasteiger partial charge in [-0.05, 0) is 120 Å². The molecule has 4 amide bonds. The van der Waals surface area contributed by atoms with E-state index in [0.29, 0.717) is 50.8 Å². The predicted molar refractivity (Wildman–Crippen MR) is 145 cm³/mol. The van der Waals surface area contributed by atoms with Gasteiger partial charge in [0.1, 0.15) is 0 Å². The highest BCUT2D eigenvalue weighted by Crippen LogP contribution is 2.46. The number of halogens is 8. The quantitative estimate of drug-likeness (QED) is 0.179. The van der Waals surface area contributed by atoms with Crippen LogP contribution in [0.2, 0.25) is 0 Å². The van der Waals surface area contributed by atoms with E-state index in [1.807, 2.05) is 0 Å². The molecule has 2 aromatic carbocycles. The molecule has 0 fully saturated rings. The van der Waals surface area contributed by atoms with E-state index >= 15 is 0 Å². The first kappa shape index (κ1) is 25.6. The summed E-state index contributed by atoms with van der Waals surface area (Å²) in [5, 5.41) is 0. The molecule has 0 bridgehead atoms. The molecule has 2 heterocycles. The minimum absolute atomic E-state index is 0.246. The molecule has 6 nitrogen and oxygen atoms in total. The monoisotopic (exact) mass is 943 g/mol. The van der Waals surface area contributed by atoms with Crippen LogP contribution >= 0.6 is 128 Å². The van der Waals surface area contributed by atoms with Crippen LogP contribution in [0.5, 0.6) is 0 Å². The maximum Gasteiger partial charge on any atom is 0.272 e. The minimum Gasteiger partial charge on any atom is -0.268 e. The largest absolute Gasteiger partial charge is 0.272 e. The van der Waals surface area contributed by atoms with E-state index in [1.54, 1.807) is 0 Å². The zero-order chi connectivity index (χ0) is 23.8. The van der Waals surface area contributed by atoms with Gasteiger partial charge in [-0.3, -0.25) is 19.2 Å². The van der Waals surface area contributed by atoms with Crippen LogP contribution < -0.4 is 0 Å². The molecule has 4 rings (SSSR count). The number of imide groups is 2. The normalized spacial score (nSPS) is 15.2. The van der Waals surface area contributed by atoms with Crippen molar-refractivity contribution in [2.75, 3.05) is 0 Å². The maximum absolute atomic E-state index is 12.8. The highest BCUT2D eigenvalue weighted by Gasteiger charge is 2.42. The average Bonchev–Trinajstić information content (AvgIpc) is 3.12. The lowest BCUT2D eigenvalue weighted by atomic mass is 9.93. The van der Waals surface area contributed by atoms with Crippen molar-refractivity contribution in [3.05, 3.63) is 60.2 Å². The molecule has 0 radical (unpaired) electrons. The van der Waals surface area contributed by atoms with Crippen LogP contribution in [0.3, 0.4) is 0 Å². The summed E-state index contributed by atoms with van der Waals surface area (Å²) in [6.45, 7) is 0. The predicted octanol–water partition coefficient (Wildman–Crippen LogP) is 7.86. The van der Waals surface area contributed by atoms with Gasteiger partial charge < -0.3 is 0 Å². The number of carbonyl (C=O) groups is 4. The van der Waals surface area contributed by atoms with Gasteiger partial charge in [0, 0.05) is 26.8 Å². The molecular formula is C18H4Br8N2O4. The number of hydrogen-bond donors (Lipinski definition) is 0. The zero-order valence-electron chi connectivity index (χ0n) is 15.0. The molecule has 32 heavy (non-hydrogen) atoms. The van der Waals surface area contributed by atoms with Crippen molar-refractivity contribution in [2.24, 2.45) is 0 Å². The first-order valence-electron chi connectivity index (χ1n) is 8.39. The molecule has 2 aromatic rings. The highest BCUT2D eigenvalue weighted by molar-refractivity contribution is 9.15. The van der Waals surface area contributed by atoms with Crippen molar-refractivity contribution in [2.45, 2.75) is 12.8 Å². The lowest BCUT2D eigenvalue weighted by molar-refractivity contribution is 0.0768. The van der Waals surface area contributed by atoms with Crippen LogP contribution in [0.15, 0.2) is 26.8 Å². The van der Waals surface area contributed by atoms with Gasteiger partial charge in [0.25, 0.3) is 23.6 Å². The average molecular weight is 951 g/mol. The summed E-state index contributed by atoms with van der Waals surface area (Å²) < 4.78 is 5.11. The third-order valence-corrected chi connectivity index (χ3v) is 13.4. The van der Waals surface area contributed by atoms with Gasteiger partial charge in [0.05, 0.1) is 54.5 Å². The summed E-state index contributed by atoms with van der Waals surface area (Å²) in [7, 11) is 0.